The fraction of sp³-hybridized carbons (Fsp3) is 0.600. The molecule has 0 rings (SSSR count). The van der Waals surface area contributed by atoms with Crippen LogP contribution in [-0.4, -0.2) is 22.3 Å². The van der Waals surface area contributed by atoms with Gasteiger partial charge in [-0.3, -0.25) is 0 Å². The maximum atomic E-state index is 9.49. The summed E-state index contributed by atoms with van der Waals surface area (Å²) in [6, 6.07) is 0. The summed E-state index contributed by atoms with van der Waals surface area (Å²) in [6.07, 6.45) is -0.984. The first-order valence-electron chi connectivity index (χ1n) is 2.62. The molecule has 0 bridgehead atoms. The van der Waals surface area contributed by atoms with Gasteiger partial charge in [-0.2, -0.15) is 0 Å². The number of carbonyl (C=O) groups excluding carboxylic acids is 1. The Hall–Kier alpha value is -0.260. The van der Waals surface area contributed by atoms with Crippen LogP contribution in [0.2, 0.25) is 0 Å². The van der Waals surface area contributed by atoms with Gasteiger partial charge >= 0.3 is 35.7 Å². The first-order valence-corrected chi connectivity index (χ1v) is 2.62. The number of hydrogen-bond acceptors (Lipinski definition) is 3. The largest absolute Gasteiger partial charge is 1.00 e. The molecule has 6 heteroatoms. The summed E-state index contributed by atoms with van der Waals surface area (Å²) < 4.78 is 0. The van der Waals surface area contributed by atoms with Crippen LogP contribution in [0.15, 0.2) is 0 Å². The van der Waals surface area contributed by atoms with E-state index in [-0.39, 0.29) is 36.0 Å². The van der Waals surface area contributed by atoms with Crippen molar-refractivity contribution in [2.24, 2.45) is 0 Å². The monoisotopic (exact) mass is 172 g/mol. The van der Waals surface area contributed by atoms with Crippen LogP contribution in [0.1, 0.15) is 19.8 Å². The van der Waals surface area contributed by atoms with Gasteiger partial charge in [0.15, 0.2) is 0 Å². The van der Waals surface area contributed by atoms with Crippen molar-refractivity contribution in [3.63, 3.8) is 0 Å². The van der Waals surface area contributed by atoms with Gasteiger partial charge in [-0.05, 0) is 6.42 Å². The number of carboxylic acid groups (broad SMARTS) is 3. The Morgan fingerprint density at radius 3 is 1.64 bits per heavy atom. The number of carbonyl (C=O) groups is 2. The van der Waals surface area contributed by atoms with Gasteiger partial charge in [0.25, 0.3) is 0 Å². The molecule has 0 aromatic carbocycles. The topological polar surface area (TPSA) is 97.7 Å². The second-order valence-corrected chi connectivity index (χ2v) is 1.40. The number of hydrogen-bond donors (Lipinski definition) is 2. The molecule has 0 spiro atoms. The van der Waals surface area contributed by atoms with Crippen LogP contribution >= 0.6 is 0 Å². The zero-order valence-electron chi connectivity index (χ0n) is 6.53. The van der Waals surface area contributed by atoms with Crippen molar-refractivity contribution in [3.8, 4) is 0 Å². The molecule has 0 radical (unpaired) electrons. The average molecular weight is 172 g/mol. The van der Waals surface area contributed by atoms with E-state index in [4.69, 9.17) is 15.0 Å². The van der Waals surface area contributed by atoms with E-state index < -0.39 is 12.1 Å². The second-order valence-electron chi connectivity index (χ2n) is 1.40. The molecule has 0 heterocycles. The van der Waals surface area contributed by atoms with Crippen molar-refractivity contribution in [1.29, 1.82) is 0 Å². The van der Waals surface area contributed by atoms with Crippen LogP contribution in [0.25, 0.3) is 0 Å². The Morgan fingerprint density at radius 2 is 1.64 bits per heavy atom. The molecule has 11 heavy (non-hydrogen) atoms. The van der Waals surface area contributed by atoms with Gasteiger partial charge in [0.2, 0.25) is 0 Å². The predicted octanol–water partition coefficient (Wildman–Crippen LogP) is -3.24. The Balaban J connectivity index is -0.000000114. The van der Waals surface area contributed by atoms with Gasteiger partial charge in [-0.15, -0.1) is 0 Å². The van der Waals surface area contributed by atoms with Crippen LogP contribution in [0.4, 0.5) is 4.79 Å². The van der Waals surface area contributed by atoms with E-state index in [0.29, 0.717) is 6.42 Å². The van der Waals surface area contributed by atoms with E-state index in [1.54, 1.807) is 6.92 Å². The van der Waals surface area contributed by atoms with E-state index in [1.165, 1.54) is 0 Å². The van der Waals surface area contributed by atoms with Gasteiger partial charge in [0.05, 0.1) is 0 Å². The van der Waals surface area contributed by atoms with Crippen LogP contribution < -0.4 is 34.7 Å². The zero-order chi connectivity index (χ0) is 8.57. The summed E-state index contributed by atoms with van der Waals surface area (Å²) in [5, 5.41) is 23.4. The molecule has 0 aromatic heterocycles. The van der Waals surface area contributed by atoms with Gasteiger partial charge in [-0.25, -0.2) is 4.79 Å². The summed E-state index contributed by atoms with van der Waals surface area (Å²) in [5.41, 5.74) is 0. The molecule has 0 aliphatic heterocycles. The summed E-state index contributed by atoms with van der Waals surface area (Å²) in [5.74, 6) is -0.961. The van der Waals surface area contributed by atoms with E-state index >= 15 is 0 Å². The van der Waals surface area contributed by atoms with E-state index in [2.05, 4.69) is 0 Å². The SMILES string of the molecule is CCCC(=O)[O-].O=C(O)O.[Na+]. The molecule has 0 unspecified atom stereocenters. The van der Waals surface area contributed by atoms with Crippen LogP contribution in [-0.2, 0) is 4.79 Å². The number of aliphatic carboxylic acids is 1. The fourth-order valence-corrected chi connectivity index (χ4v) is 0.204. The zero-order valence-corrected chi connectivity index (χ0v) is 8.53. The van der Waals surface area contributed by atoms with E-state index in [0.717, 1.165) is 0 Å². The second kappa shape index (κ2) is 12.4. The maximum Gasteiger partial charge on any atom is 1.00 e. The molecular weight excluding hydrogens is 163 g/mol. The van der Waals surface area contributed by atoms with Crippen molar-refractivity contribution >= 4 is 12.1 Å². The van der Waals surface area contributed by atoms with Crippen molar-refractivity contribution in [2.45, 2.75) is 19.8 Å². The third-order valence-corrected chi connectivity index (χ3v) is 0.454. The van der Waals surface area contributed by atoms with Gasteiger partial charge in [-0.1, -0.05) is 13.3 Å². The molecule has 60 valence electrons. The molecule has 0 aliphatic carbocycles. The smallest absolute Gasteiger partial charge is 0.550 e. The Morgan fingerprint density at radius 1 is 1.36 bits per heavy atom. The first-order chi connectivity index (χ1) is 4.50. The van der Waals surface area contributed by atoms with Crippen molar-refractivity contribution in [3.05, 3.63) is 0 Å². The number of rotatable bonds is 2. The summed E-state index contributed by atoms with van der Waals surface area (Å²) in [6.45, 7) is 1.80. The third-order valence-electron chi connectivity index (χ3n) is 0.454. The van der Waals surface area contributed by atoms with Crippen LogP contribution in [0.3, 0.4) is 0 Å². The van der Waals surface area contributed by atoms with Crippen molar-refractivity contribution in [1.82, 2.24) is 0 Å². The van der Waals surface area contributed by atoms with Crippen LogP contribution in [0.5, 0.6) is 0 Å². The van der Waals surface area contributed by atoms with E-state index in [9.17, 15) is 9.90 Å². The van der Waals surface area contributed by atoms with Gasteiger partial charge < -0.3 is 20.1 Å². The summed E-state index contributed by atoms with van der Waals surface area (Å²) in [7, 11) is 0. The van der Waals surface area contributed by atoms with Crippen molar-refractivity contribution < 1.29 is 54.5 Å². The Bertz CT molecular complexity index is 109. The molecule has 0 amide bonds. The fourth-order valence-electron chi connectivity index (χ4n) is 0.204. The normalized spacial score (nSPS) is 6.64. The molecule has 5 nitrogen and oxygen atoms in total. The molecule has 0 saturated heterocycles. The standard InChI is InChI=1S/C4H8O2.CH2O3.Na/c1-2-3-4(5)6;2-1(3)4;/h2-3H2,1H3,(H,5,6);(H2,2,3,4);/q;;+1/p-1. The van der Waals surface area contributed by atoms with Crippen molar-refractivity contribution in [2.75, 3.05) is 0 Å². The summed E-state index contributed by atoms with van der Waals surface area (Å²) in [4.78, 5) is 18.0. The summed E-state index contributed by atoms with van der Waals surface area (Å²) >= 11 is 0. The molecule has 0 aliphatic rings. The first kappa shape index (κ1) is 17.0. The molecule has 0 aromatic rings. The number of carboxylic acids is 1. The Kier molecular flexibility index (Phi) is 19.2. The predicted molar refractivity (Wildman–Crippen MR) is 30.6 cm³/mol. The maximum absolute atomic E-state index is 9.49. The average Bonchev–Trinajstić information content (AvgIpc) is 1.62. The molecular formula is C5H9NaO5. The quantitative estimate of drug-likeness (QED) is 0.426. The van der Waals surface area contributed by atoms with Gasteiger partial charge in [0, 0.05) is 5.97 Å². The molecule has 2 N–H and O–H groups in total. The molecule has 0 fully saturated rings. The van der Waals surface area contributed by atoms with Crippen LogP contribution in [0, 0.1) is 0 Å². The van der Waals surface area contributed by atoms with E-state index in [1.807, 2.05) is 0 Å². The minimum atomic E-state index is -1.83. The Labute approximate surface area is 86.3 Å². The van der Waals surface area contributed by atoms with Gasteiger partial charge in [0.1, 0.15) is 0 Å². The minimum absolute atomic E-state index is 0. The molecule has 0 atom stereocenters. The minimum Gasteiger partial charge on any atom is -0.550 e. The molecule has 0 saturated carbocycles. The third kappa shape index (κ3) is 77.7.